The fourth-order valence-corrected chi connectivity index (χ4v) is 6.55. The summed E-state index contributed by atoms with van der Waals surface area (Å²) in [5.74, 6) is 0.650. The van der Waals surface area contributed by atoms with Gasteiger partial charge in [0.2, 0.25) is 5.91 Å². The molecule has 2 atom stereocenters. The Labute approximate surface area is 240 Å². The molecule has 11 nitrogen and oxygen atoms in total. The van der Waals surface area contributed by atoms with Crippen LogP contribution < -0.4 is 26.7 Å². The number of nitrogens with zero attached hydrogens (tertiary/aromatic N) is 4. The molecule has 12 heteroatoms. The minimum Gasteiger partial charge on any atom is -0.489 e. The van der Waals surface area contributed by atoms with Crippen molar-refractivity contribution in [2.24, 2.45) is 0 Å². The van der Waals surface area contributed by atoms with Crippen LogP contribution in [-0.2, 0) is 11.3 Å². The Hall–Kier alpha value is -4.32. The largest absolute Gasteiger partial charge is 0.489 e. The van der Waals surface area contributed by atoms with Crippen molar-refractivity contribution in [2.45, 2.75) is 70.1 Å². The van der Waals surface area contributed by atoms with Crippen LogP contribution >= 0.6 is 11.3 Å². The van der Waals surface area contributed by atoms with Gasteiger partial charge >= 0.3 is 0 Å². The summed E-state index contributed by atoms with van der Waals surface area (Å²) in [4.78, 5) is 53.3. The molecule has 0 bridgehead atoms. The SMILES string of the molecule is C[C@@H]1C[C@@H](C(=O)NCc2cc3cnc(N)cc3s2)n2c1ncc(NC(=O)c1ccc(OC3CCCCC3)cn1)c2=O. The summed E-state index contributed by atoms with van der Waals surface area (Å²) >= 11 is 1.52. The quantitative estimate of drug-likeness (QED) is 0.298. The molecule has 5 heterocycles. The van der Waals surface area contributed by atoms with Gasteiger partial charge in [-0.25, -0.2) is 15.0 Å². The van der Waals surface area contributed by atoms with Crippen molar-refractivity contribution in [1.29, 1.82) is 0 Å². The lowest BCUT2D eigenvalue weighted by Gasteiger charge is -2.22. The molecular weight excluding hydrogens is 542 g/mol. The van der Waals surface area contributed by atoms with E-state index in [9.17, 15) is 14.4 Å². The summed E-state index contributed by atoms with van der Waals surface area (Å²) in [6.07, 6.45) is 10.8. The third kappa shape index (κ3) is 5.64. The molecule has 0 radical (unpaired) electrons. The first-order valence-electron chi connectivity index (χ1n) is 13.8. The van der Waals surface area contributed by atoms with Gasteiger partial charge in [-0.3, -0.25) is 19.0 Å². The Morgan fingerprint density at radius 1 is 1.10 bits per heavy atom. The molecule has 1 saturated carbocycles. The molecule has 41 heavy (non-hydrogen) atoms. The fourth-order valence-electron chi connectivity index (χ4n) is 5.53. The standard InChI is InChI=1S/C29H31N7O4S/c1-16-9-23(28(38)34-14-20-10-17-12-32-25(30)11-24(17)41-20)36-26(16)33-15-22(29(36)39)35-27(37)21-8-7-19(13-31-21)40-18-5-3-2-4-6-18/h7-8,10-13,15-16,18,23H,2-6,9,14H2,1H3,(H2,30,32)(H,34,38)(H,35,37)/t16-,23+/m1/s1. The summed E-state index contributed by atoms with van der Waals surface area (Å²) in [5.41, 5.74) is 5.44. The number of nitrogen functional groups attached to an aromatic ring is 1. The van der Waals surface area contributed by atoms with Gasteiger partial charge in [0.1, 0.15) is 34.8 Å². The van der Waals surface area contributed by atoms with Crippen molar-refractivity contribution < 1.29 is 14.3 Å². The smallest absolute Gasteiger partial charge is 0.278 e. The number of thiophene rings is 1. The van der Waals surface area contributed by atoms with Gasteiger partial charge in [-0.05, 0) is 56.4 Å². The van der Waals surface area contributed by atoms with Crippen LogP contribution in [0.15, 0.2) is 47.7 Å². The first-order chi connectivity index (χ1) is 19.9. The lowest BCUT2D eigenvalue weighted by atomic mass is 9.98. The van der Waals surface area contributed by atoms with E-state index < -0.39 is 17.5 Å². The zero-order valence-electron chi connectivity index (χ0n) is 22.6. The van der Waals surface area contributed by atoms with Gasteiger partial charge in [-0.15, -0.1) is 11.3 Å². The Balaban J connectivity index is 1.14. The van der Waals surface area contributed by atoms with E-state index >= 15 is 0 Å². The average Bonchev–Trinajstić information content (AvgIpc) is 3.54. The average molecular weight is 574 g/mol. The number of anilines is 2. The number of fused-ring (bicyclic) bond motifs is 2. The van der Waals surface area contributed by atoms with Crippen LogP contribution in [0.4, 0.5) is 11.5 Å². The molecule has 1 fully saturated rings. The number of pyridine rings is 2. The first kappa shape index (κ1) is 26.9. The van der Waals surface area contributed by atoms with Crippen LogP contribution in [0.1, 0.15) is 78.6 Å². The Morgan fingerprint density at radius 3 is 2.71 bits per heavy atom. The van der Waals surface area contributed by atoms with Crippen LogP contribution in [-0.4, -0.2) is 37.4 Å². The van der Waals surface area contributed by atoms with E-state index in [1.165, 1.54) is 34.7 Å². The molecule has 0 spiro atoms. The summed E-state index contributed by atoms with van der Waals surface area (Å²) in [7, 11) is 0. The predicted octanol–water partition coefficient (Wildman–Crippen LogP) is 4.16. The number of carbonyl (C=O) groups excluding carboxylic acids is 2. The number of hydrogen-bond donors (Lipinski definition) is 3. The van der Waals surface area contributed by atoms with Crippen molar-refractivity contribution in [1.82, 2.24) is 24.8 Å². The van der Waals surface area contributed by atoms with Crippen molar-refractivity contribution in [3.05, 3.63) is 69.6 Å². The molecule has 1 aliphatic heterocycles. The molecular formula is C29H31N7O4S. The second-order valence-corrected chi connectivity index (χ2v) is 11.8. The van der Waals surface area contributed by atoms with Crippen LogP contribution in [0, 0.1) is 0 Å². The van der Waals surface area contributed by atoms with Gasteiger partial charge < -0.3 is 21.1 Å². The molecule has 212 valence electrons. The number of nitrogens with two attached hydrogens (primary N) is 1. The van der Waals surface area contributed by atoms with E-state index in [0.717, 1.165) is 40.6 Å². The Kier molecular flexibility index (Phi) is 7.39. The second kappa shape index (κ2) is 11.3. The van der Waals surface area contributed by atoms with Crippen LogP contribution in [0.3, 0.4) is 0 Å². The zero-order chi connectivity index (χ0) is 28.5. The number of aromatic nitrogens is 4. The summed E-state index contributed by atoms with van der Waals surface area (Å²) in [6.45, 7) is 2.23. The highest BCUT2D eigenvalue weighted by molar-refractivity contribution is 7.19. The summed E-state index contributed by atoms with van der Waals surface area (Å²) < 4.78 is 8.37. The number of nitrogens with one attached hydrogen (secondary N) is 2. The van der Waals surface area contributed by atoms with E-state index in [-0.39, 0.29) is 29.3 Å². The normalized spacial score (nSPS) is 18.7. The highest BCUT2D eigenvalue weighted by atomic mass is 32.1. The van der Waals surface area contributed by atoms with Crippen molar-refractivity contribution in [3.8, 4) is 5.75 Å². The van der Waals surface area contributed by atoms with Gasteiger partial charge in [0, 0.05) is 27.1 Å². The number of rotatable bonds is 7. The first-order valence-corrected chi connectivity index (χ1v) is 14.6. The highest BCUT2D eigenvalue weighted by Crippen LogP contribution is 2.34. The molecule has 4 aromatic rings. The molecule has 0 saturated heterocycles. The number of carbonyl (C=O) groups is 2. The van der Waals surface area contributed by atoms with Crippen molar-refractivity contribution >= 4 is 44.7 Å². The van der Waals surface area contributed by atoms with Gasteiger partial charge in [0.05, 0.1) is 25.0 Å². The van der Waals surface area contributed by atoms with E-state index in [0.29, 0.717) is 30.4 Å². The maximum Gasteiger partial charge on any atom is 0.278 e. The zero-order valence-corrected chi connectivity index (χ0v) is 23.4. The Bertz CT molecular complexity index is 1660. The lowest BCUT2D eigenvalue weighted by molar-refractivity contribution is -0.124. The Morgan fingerprint density at radius 2 is 1.93 bits per heavy atom. The number of amides is 2. The van der Waals surface area contributed by atoms with Crippen LogP contribution in [0.2, 0.25) is 0 Å². The van der Waals surface area contributed by atoms with Crippen LogP contribution in [0.5, 0.6) is 5.75 Å². The predicted molar refractivity (Wildman–Crippen MR) is 156 cm³/mol. The van der Waals surface area contributed by atoms with Crippen molar-refractivity contribution in [3.63, 3.8) is 0 Å². The van der Waals surface area contributed by atoms with Crippen LogP contribution in [0.25, 0.3) is 10.1 Å². The fraction of sp³-hybridized carbons (Fsp3) is 0.379. The monoisotopic (exact) mass is 573 g/mol. The summed E-state index contributed by atoms with van der Waals surface area (Å²) in [6, 6.07) is 6.31. The lowest BCUT2D eigenvalue weighted by Crippen LogP contribution is -2.36. The molecule has 0 unspecified atom stereocenters. The second-order valence-electron chi connectivity index (χ2n) is 10.6. The molecule has 4 aromatic heterocycles. The van der Waals surface area contributed by atoms with E-state index in [4.69, 9.17) is 10.5 Å². The van der Waals surface area contributed by atoms with E-state index in [1.54, 1.807) is 24.4 Å². The van der Waals surface area contributed by atoms with E-state index in [1.807, 2.05) is 13.0 Å². The molecule has 2 aliphatic rings. The minimum absolute atomic E-state index is 0.00965. The van der Waals surface area contributed by atoms with Gasteiger partial charge in [0.15, 0.2) is 0 Å². The number of ether oxygens (including phenoxy) is 1. The maximum atomic E-state index is 13.5. The topological polar surface area (TPSA) is 154 Å². The molecule has 4 N–H and O–H groups in total. The third-order valence-electron chi connectivity index (χ3n) is 7.64. The summed E-state index contributed by atoms with van der Waals surface area (Å²) in [5, 5.41) is 6.53. The maximum absolute atomic E-state index is 13.5. The van der Waals surface area contributed by atoms with Gasteiger partial charge in [0.25, 0.3) is 11.5 Å². The minimum atomic E-state index is -0.738. The number of hydrogen-bond acceptors (Lipinski definition) is 9. The van der Waals surface area contributed by atoms with Crippen molar-refractivity contribution in [2.75, 3.05) is 11.1 Å². The molecule has 2 amide bonds. The van der Waals surface area contributed by atoms with Gasteiger partial charge in [-0.2, -0.15) is 0 Å². The molecule has 0 aromatic carbocycles. The highest BCUT2D eigenvalue weighted by Gasteiger charge is 2.36. The van der Waals surface area contributed by atoms with E-state index in [2.05, 4.69) is 25.6 Å². The molecule has 1 aliphatic carbocycles. The third-order valence-corrected chi connectivity index (χ3v) is 8.73. The van der Waals surface area contributed by atoms with Gasteiger partial charge in [-0.1, -0.05) is 13.3 Å². The molecule has 6 rings (SSSR count).